The number of morpholine rings is 1. The van der Waals surface area contributed by atoms with E-state index >= 15 is 0 Å². The lowest BCUT2D eigenvalue weighted by Gasteiger charge is -2.32. The van der Waals surface area contributed by atoms with Crippen molar-refractivity contribution in [2.45, 2.75) is 50.6 Å². The summed E-state index contributed by atoms with van der Waals surface area (Å²) in [7, 11) is 0. The van der Waals surface area contributed by atoms with Crippen LogP contribution in [-0.4, -0.2) is 73.2 Å². The number of nitrogens with one attached hydrogen (secondary N) is 1. The number of carbonyl (C=O) groups excluding carboxylic acids is 2. The van der Waals surface area contributed by atoms with E-state index in [0.29, 0.717) is 19.5 Å². The van der Waals surface area contributed by atoms with Gasteiger partial charge in [0.1, 0.15) is 0 Å². The first kappa shape index (κ1) is 27.3. The molecule has 200 valence electrons. The highest BCUT2D eigenvalue weighted by Crippen LogP contribution is 2.38. The first-order valence-corrected chi connectivity index (χ1v) is 13.7. The lowest BCUT2D eigenvalue weighted by molar-refractivity contribution is -0.127. The molecule has 1 saturated carbocycles. The van der Waals surface area contributed by atoms with Crippen LogP contribution >= 0.6 is 0 Å². The number of amides is 2. The number of aliphatic hydroxyl groups is 1. The monoisotopic (exact) mass is 507 g/mol. The standard InChI is InChI=1S/C30H41N3O4/c34-19-14-29(26-6-2-1-3-7-26)31-30(36)28-9-5-4-8-27(28)25-12-10-24(11-13-25)22-33(23-35)16-15-32-17-20-37-21-18-32/h1-3,6-7,10-13,23,27-29,34H,4-5,8-9,14-22H2,(H,31,36). The predicted molar refractivity (Wildman–Crippen MR) is 144 cm³/mol. The first-order valence-electron chi connectivity index (χ1n) is 13.7. The quantitative estimate of drug-likeness (QED) is 0.430. The van der Waals surface area contributed by atoms with Gasteiger partial charge in [0.15, 0.2) is 0 Å². The van der Waals surface area contributed by atoms with E-state index in [2.05, 4.69) is 34.5 Å². The van der Waals surface area contributed by atoms with Crippen LogP contribution in [0.1, 0.15) is 60.8 Å². The molecule has 1 saturated heterocycles. The number of aliphatic hydroxyl groups excluding tert-OH is 1. The number of carbonyl (C=O) groups is 2. The number of rotatable bonds is 12. The number of benzene rings is 2. The van der Waals surface area contributed by atoms with Gasteiger partial charge in [-0.15, -0.1) is 0 Å². The van der Waals surface area contributed by atoms with Gasteiger partial charge in [-0.05, 0) is 41.9 Å². The van der Waals surface area contributed by atoms with Gasteiger partial charge in [0.2, 0.25) is 12.3 Å². The van der Waals surface area contributed by atoms with Crippen molar-refractivity contribution >= 4 is 12.3 Å². The average molecular weight is 508 g/mol. The van der Waals surface area contributed by atoms with Gasteiger partial charge in [-0.3, -0.25) is 14.5 Å². The molecule has 4 rings (SSSR count). The highest BCUT2D eigenvalue weighted by Gasteiger charge is 2.33. The molecule has 2 amide bonds. The minimum atomic E-state index is -0.185. The van der Waals surface area contributed by atoms with Crippen molar-refractivity contribution in [1.29, 1.82) is 0 Å². The molecule has 1 aliphatic heterocycles. The van der Waals surface area contributed by atoms with Gasteiger partial charge in [0.05, 0.1) is 19.3 Å². The summed E-state index contributed by atoms with van der Waals surface area (Å²) in [6.45, 7) is 5.54. The van der Waals surface area contributed by atoms with Crippen molar-refractivity contribution in [2.24, 2.45) is 5.92 Å². The Hall–Kier alpha value is -2.74. The van der Waals surface area contributed by atoms with E-state index < -0.39 is 0 Å². The van der Waals surface area contributed by atoms with Crippen molar-refractivity contribution < 1.29 is 19.4 Å². The molecule has 7 heteroatoms. The van der Waals surface area contributed by atoms with Gasteiger partial charge >= 0.3 is 0 Å². The zero-order chi connectivity index (χ0) is 25.9. The third-order valence-corrected chi connectivity index (χ3v) is 7.79. The molecule has 1 aliphatic carbocycles. The second-order valence-electron chi connectivity index (χ2n) is 10.3. The van der Waals surface area contributed by atoms with Crippen molar-refractivity contribution in [1.82, 2.24) is 15.1 Å². The lowest BCUT2D eigenvalue weighted by atomic mass is 9.74. The molecular formula is C30H41N3O4. The second kappa shape index (κ2) is 14.3. The third-order valence-electron chi connectivity index (χ3n) is 7.79. The molecule has 2 fully saturated rings. The molecule has 0 radical (unpaired) electrons. The van der Waals surface area contributed by atoms with Gasteiger partial charge in [0, 0.05) is 45.2 Å². The third kappa shape index (κ3) is 7.87. The molecule has 0 bridgehead atoms. The highest BCUT2D eigenvalue weighted by atomic mass is 16.5. The maximum absolute atomic E-state index is 13.4. The molecule has 37 heavy (non-hydrogen) atoms. The molecule has 2 aliphatic rings. The summed E-state index contributed by atoms with van der Waals surface area (Å²) in [6, 6.07) is 18.2. The molecule has 7 nitrogen and oxygen atoms in total. The molecule has 2 aromatic carbocycles. The van der Waals surface area contributed by atoms with Crippen molar-refractivity contribution in [2.75, 3.05) is 46.0 Å². The predicted octanol–water partition coefficient (Wildman–Crippen LogP) is 3.49. The van der Waals surface area contributed by atoms with E-state index in [4.69, 9.17) is 4.74 Å². The Bertz CT molecular complexity index is 963. The summed E-state index contributed by atoms with van der Waals surface area (Å²) in [4.78, 5) is 29.3. The molecular weight excluding hydrogens is 466 g/mol. The van der Waals surface area contributed by atoms with Gasteiger partial charge < -0.3 is 20.1 Å². The molecule has 1 heterocycles. The van der Waals surface area contributed by atoms with E-state index in [1.54, 1.807) is 0 Å². The van der Waals surface area contributed by atoms with E-state index in [0.717, 1.165) is 76.1 Å². The summed E-state index contributed by atoms with van der Waals surface area (Å²) in [6.07, 6.45) is 5.48. The van der Waals surface area contributed by atoms with Crippen LogP contribution in [0.4, 0.5) is 0 Å². The maximum Gasteiger partial charge on any atom is 0.224 e. The minimum Gasteiger partial charge on any atom is -0.396 e. The number of hydrogen-bond acceptors (Lipinski definition) is 5. The summed E-state index contributed by atoms with van der Waals surface area (Å²) in [5.41, 5.74) is 3.31. The summed E-state index contributed by atoms with van der Waals surface area (Å²) in [5, 5.41) is 12.8. The zero-order valence-electron chi connectivity index (χ0n) is 21.8. The van der Waals surface area contributed by atoms with Crippen LogP contribution in [-0.2, 0) is 20.9 Å². The maximum atomic E-state index is 13.4. The van der Waals surface area contributed by atoms with Crippen molar-refractivity contribution in [3.05, 3.63) is 71.3 Å². The smallest absolute Gasteiger partial charge is 0.224 e. The van der Waals surface area contributed by atoms with E-state index in [-0.39, 0.29) is 30.4 Å². The fourth-order valence-corrected chi connectivity index (χ4v) is 5.63. The minimum absolute atomic E-state index is 0.0274. The highest BCUT2D eigenvalue weighted by molar-refractivity contribution is 5.80. The van der Waals surface area contributed by atoms with E-state index in [1.807, 2.05) is 35.2 Å². The lowest BCUT2D eigenvalue weighted by Crippen LogP contribution is -2.41. The summed E-state index contributed by atoms with van der Waals surface area (Å²) >= 11 is 0. The molecule has 3 atom stereocenters. The zero-order valence-corrected chi connectivity index (χ0v) is 21.8. The van der Waals surface area contributed by atoms with Gasteiger partial charge in [-0.2, -0.15) is 0 Å². The Morgan fingerprint density at radius 1 is 1.08 bits per heavy atom. The Morgan fingerprint density at radius 3 is 2.51 bits per heavy atom. The average Bonchev–Trinajstić information content (AvgIpc) is 2.96. The topological polar surface area (TPSA) is 82.1 Å². The molecule has 0 spiro atoms. The Morgan fingerprint density at radius 2 is 1.81 bits per heavy atom. The fraction of sp³-hybridized carbons (Fsp3) is 0.533. The van der Waals surface area contributed by atoms with Crippen LogP contribution in [0.3, 0.4) is 0 Å². The van der Waals surface area contributed by atoms with Crippen LogP contribution in [0.25, 0.3) is 0 Å². The van der Waals surface area contributed by atoms with E-state index in [1.165, 1.54) is 5.56 Å². The number of hydrogen-bond donors (Lipinski definition) is 2. The van der Waals surface area contributed by atoms with Gasteiger partial charge in [-0.1, -0.05) is 67.4 Å². The summed E-state index contributed by atoms with van der Waals surface area (Å²) in [5.74, 6) is 0.174. The van der Waals surface area contributed by atoms with Crippen LogP contribution in [0, 0.1) is 5.92 Å². The van der Waals surface area contributed by atoms with Crippen LogP contribution in [0.5, 0.6) is 0 Å². The molecule has 0 aromatic heterocycles. The Labute approximate surface area is 220 Å². The molecule has 2 N–H and O–H groups in total. The summed E-state index contributed by atoms with van der Waals surface area (Å²) < 4.78 is 5.40. The normalized spacial score (nSPS) is 21.2. The fourth-order valence-electron chi connectivity index (χ4n) is 5.63. The molecule has 3 unspecified atom stereocenters. The van der Waals surface area contributed by atoms with Crippen LogP contribution in [0.2, 0.25) is 0 Å². The number of ether oxygens (including phenoxy) is 1. The molecule has 2 aromatic rings. The van der Waals surface area contributed by atoms with Crippen LogP contribution < -0.4 is 5.32 Å². The van der Waals surface area contributed by atoms with Crippen molar-refractivity contribution in [3.8, 4) is 0 Å². The SMILES string of the molecule is O=CN(CCN1CCOCC1)Cc1ccc(C2CCCCC2C(=O)NC(CCO)c2ccccc2)cc1. The Kier molecular flexibility index (Phi) is 10.5. The van der Waals surface area contributed by atoms with Gasteiger partial charge in [-0.25, -0.2) is 0 Å². The second-order valence-corrected chi connectivity index (χ2v) is 10.3. The van der Waals surface area contributed by atoms with Crippen LogP contribution in [0.15, 0.2) is 54.6 Å². The number of nitrogens with zero attached hydrogens (tertiary/aromatic N) is 2. The van der Waals surface area contributed by atoms with Crippen molar-refractivity contribution in [3.63, 3.8) is 0 Å². The van der Waals surface area contributed by atoms with Gasteiger partial charge in [0.25, 0.3) is 0 Å². The first-order chi connectivity index (χ1) is 18.2. The van der Waals surface area contributed by atoms with E-state index in [9.17, 15) is 14.7 Å². The largest absolute Gasteiger partial charge is 0.396 e. The Balaban J connectivity index is 1.36.